The van der Waals surface area contributed by atoms with Gasteiger partial charge < -0.3 is 20.7 Å². The van der Waals surface area contributed by atoms with Gasteiger partial charge in [0.05, 0.1) is 5.02 Å². The normalized spacial score (nSPS) is 13.1. The second kappa shape index (κ2) is 7.85. The molecule has 0 fully saturated rings. The highest BCUT2D eigenvalue weighted by molar-refractivity contribution is 6.34. The Morgan fingerprint density at radius 1 is 1.23 bits per heavy atom. The number of amides is 3. The maximum atomic E-state index is 12.7. The van der Waals surface area contributed by atoms with E-state index in [0.717, 1.165) is 24.1 Å². The smallest absolute Gasteiger partial charge is 0.316 e. The molecular weight excluding hydrogens is 377 g/mol. The average Bonchev–Trinajstić information content (AvgIpc) is 2.61. The number of anilines is 2. The Balaban J connectivity index is 1.77. The van der Waals surface area contributed by atoms with E-state index in [0.29, 0.717) is 28.0 Å². The first-order chi connectivity index (χ1) is 12.5. The van der Waals surface area contributed by atoms with E-state index in [-0.39, 0.29) is 12.5 Å². The van der Waals surface area contributed by atoms with E-state index in [2.05, 4.69) is 5.32 Å². The van der Waals surface area contributed by atoms with Gasteiger partial charge >= 0.3 is 6.03 Å². The van der Waals surface area contributed by atoms with Gasteiger partial charge in [0.15, 0.2) is 6.61 Å². The van der Waals surface area contributed by atoms with E-state index in [1.54, 1.807) is 35.2 Å². The largest absolute Gasteiger partial charge is 0.482 e. The molecule has 3 amide bonds. The highest BCUT2D eigenvalue weighted by atomic mass is 35.5. The summed E-state index contributed by atoms with van der Waals surface area (Å²) in [6, 6.07) is 9.56. The van der Waals surface area contributed by atoms with Gasteiger partial charge in [-0.05, 0) is 42.7 Å². The third kappa shape index (κ3) is 4.03. The van der Waals surface area contributed by atoms with Gasteiger partial charge in [-0.3, -0.25) is 4.79 Å². The molecule has 0 spiro atoms. The van der Waals surface area contributed by atoms with Crippen molar-refractivity contribution in [2.75, 3.05) is 23.4 Å². The number of rotatable bonds is 4. The Morgan fingerprint density at radius 2 is 2.04 bits per heavy atom. The van der Waals surface area contributed by atoms with Crippen molar-refractivity contribution in [3.63, 3.8) is 0 Å². The summed E-state index contributed by atoms with van der Waals surface area (Å²) in [4.78, 5) is 25.5. The number of benzene rings is 2. The van der Waals surface area contributed by atoms with Gasteiger partial charge in [0, 0.05) is 29.0 Å². The lowest BCUT2D eigenvalue weighted by Crippen LogP contribution is -2.39. The number of ether oxygens (including phenoxy) is 1. The van der Waals surface area contributed by atoms with Gasteiger partial charge in [-0.2, -0.15) is 0 Å². The van der Waals surface area contributed by atoms with Gasteiger partial charge in [-0.1, -0.05) is 29.3 Å². The molecule has 2 aromatic carbocycles. The summed E-state index contributed by atoms with van der Waals surface area (Å²) in [5, 5.41) is 3.46. The Hall–Kier alpha value is -2.44. The van der Waals surface area contributed by atoms with Crippen molar-refractivity contribution in [3.8, 4) is 5.75 Å². The fourth-order valence-electron chi connectivity index (χ4n) is 2.94. The van der Waals surface area contributed by atoms with Crippen LogP contribution in [0.15, 0.2) is 36.4 Å². The van der Waals surface area contributed by atoms with E-state index >= 15 is 0 Å². The predicted octanol–water partition coefficient (Wildman–Crippen LogP) is 3.84. The van der Waals surface area contributed by atoms with E-state index in [4.69, 9.17) is 33.7 Å². The number of carbonyl (C=O) groups excluding carboxylic acids is 2. The molecule has 1 heterocycles. The standard InChI is InChI=1S/C18H17Cl2N3O3/c19-11-6-7-13(20)16(9-11)26-10-17(24)23-8-2-3-12-14(22-18(21)25)4-1-5-15(12)23/h1,4-7,9H,2-3,8,10H2,(H3,21,22,25). The van der Waals surface area contributed by atoms with Crippen LogP contribution in [0, 0.1) is 0 Å². The molecule has 6 nitrogen and oxygen atoms in total. The molecule has 1 aliphatic rings. The van der Waals surface area contributed by atoms with Crippen LogP contribution in [-0.4, -0.2) is 25.1 Å². The molecule has 0 bridgehead atoms. The Bertz CT molecular complexity index is 858. The molecule has 3 rings (SSSR count). The summed E-state index contributed by atoms with van der Waals surface area (Å²) < 4.78 is 5.55. The molecule has 0 radical (unpaired) electrons. The van der Waals surface area contributed by atoms with Crippen LogP contribution in [0.25, 0.3) is 0 Å². The summed E-state index contributed by atoms with van der Waals surface area (Å²) in [7, 11) is 0. The molecule has 0 aliphatic carbocycles. The average molecular weight is 394 g/mol. The molecule has 0 aromatic heterocycles. The van der Waals surface area contributed by atoms with Gasteiger partial charge in [0.2, 0.25) is 0 Å². The van der Waals surface area contributed by atoms with Crippen molar-refractivity contribution in [3.05, 3.63) is 52.0 Å². The van der Waals surface area contributed by atoms with Gasteiger partial charge in [0.25, 0.3) is 5.91 Å². The molecule has 1 aliphatic heterocycles. The number of urea groups is 1. The first-order valence-electron chi connectivity index (χ1n) is 8.02. The van der Waals surface area contributed by atoms with E-state index in [1.807, 2.05) is 6.07 Å². The quantitative estimate of drug-likeness (QED) is 0.826. The SMILES string of the molecule is NC(=O)Nc1cccc2c1CCCN2C(=O)COc1cc(Cl)ccc1Cl. The van der Waals surface area contributed by atoms with Gasteiger partial charge in [-0.25, -0.2) is 4.79 Å². The zero-order valence-corrected chi connectivity index (χ0v) is 15.3. The maximum absolute atomic E-state index is 12.7. The van der Waals surface area contributed by atoms with Crippen molar-refractivity contribution >= 4 is 46.5 Å². The van der Waals surface area contributed by atoms with Crippen molar-refractivity contribution in [1.29, 1.82) is 0 Å². The Labute approximate surface area is 160 Å². The second-order valence-electron chi connectivity index (χ2n) is 5.80. The summed E-state index contributed by atoms with van der Waals surface area (Å²) in [5.41, 5.74) is 7.46. The van der Waals surface area contributed by atoms with E-state index in [9.17, 15) is 9.59 Å². The minimum atomic E-state index is -0.638. The monoisotopic (exact) mass is 393 g/mol. The van der Waals surface area contributed by atoms with Crippen molar-refractivity contribution in [2.45, 2.75) is 12.8 Å². The molecular formula is C18H17Cl2N3O3. The van der Waals surface area contributed by atoms with Gasteiger partial charge in [0.1, 0.15) is 5.75 Å². The fourth-order valence-corrected chi connectivity index (χ4v) is 3.27. The zero-order chi connectivity index (χ0) is 18.7. The molecule has 26 heavy (non-hydrogen) atoms. The highest BCUT2D eigenvalue weighted by Crippen LogP contribution is 2.33. The van der Waals surface area contributed by atoms with Gasteiger partial charge in [-0.15, -0.1) is 0 Å². The van der Waals surface area contributed by atoms with E-state index < -0.39 is 6.03 Å². The first kappa shape index (κ1) is 18.4. The number of halogens is 2. The van der Waals surface area contributed by atoms with Crippen molar-refractivity contribution < 1.29 is 14.3 Å². The van der Waals surface area contributed by atoms with Crippen LogP contribution in [0.3, 0.4) is 0 Å². The van der Waals surface area contributed by atoms with Crippen LogP contribution in [0.2, 0.25) is 10.0 Å². The molecule has 136 valence electrons. The number of nitrogens with zero attached hydrogens (tertiary/aromatic N) is 1. The van der Waals surface area contributed by atoms with Crippen LogP contribution in [0.4, 0.5) is 16.2 Å². The minimum Gasteiger partial charge on any atom is -0.482 e. The number of primary amides is 1. The second-order valence-corrected chi connectivity index (χ2v) is 6.65. The minimum absolute atomic E-state index is 0.174. The molecule has 2 aromatic rings. The maximum Gasteiger partial charge on any atom is 0.316 e. The molecule has 0 saturated heterocycles. The highest BCUT2D eigenvalue weighted by Gasteiger charge is 2.25. The lowest BCUT2D eigenvalue weighted by atomic mass is 9.99. The van der Waals surface area contributed by atoms with Crippen LogP contribution in [-0.2, 0) is 11.2 Å². The summed E-state index contributed by atoms with van der Waals surface area (Å²) in [6.45, 7) is 0.394. The Morgan fingerprint density at radius 3 is 2.81 bits per heavy atom. The van der Waals surface area contributed by atoms with E-state index in [1.165, 1.54) is 0 Å². The number of hydrogen-bond acceptors (Lipinski definition) is 3. The lowest BCUT2D eigenvalue weighted by Gasteiger charge is -2.30. The van der Waals surface area contributed by atoms with Crippen LogP contribution >= 0.6 is 23.2 Å². The van der Waals surface area contributed by atoms with Crippen LogP contribution in [0.5, 0.6) is 5.75 Å². The molecule has 0 unspecified atom stereocenters. The third-order valence-electron chi connectivity index (χ3n) is 4.05. The lowest BCUT2D eigenvalue weighted by molar-refractivity contribution is -0.120. The first-order valence-corrected chi connectivity index (χ1v) is 8.78. The van der Waals surface area contributed by atoms with Crippen LogP contribution < -0.4 is 20.7 Å². The molecule has 0 saturated carbocycles. The number of nitrogens with two attached hydrogens (primary N) is 1. The fraction of sp³-hybridized carbons (Fsp3) is 0.222. The zero-order valence-electron chi connectivity index (χ0n) is 13.8. The number of fused-ring (bicyclic) bond motifs is 1. The topological polar surface area (TPSA) is 84.7 Å². The summed E-state index contributed by atoms with van der Waals surface area (Å²) in [6.07, 6.45) is 1.52. The van der Waals surface area contributed by atoms with Crippen molar-refractivity contribution in [2.24, 2.45) is 5.73 Å². The molecule has 0 atom stereocenters. The summed E-state index contributed by atoms with van der Waals surface area (Å²) >= 11 is 12.0. The summed E-state index contributed by atoms with van der Waals surface area (Å²) in [5.74, 6) is 0.145. The van der Waals surface area contributed by atoms with Crippen molar-refractivity contribution in [1.82, 2.24) is 0 Å². The number of carbonyl (C=O) groups is 2. The number of nitrogens with one attached hydrogen (secondary N) is 1. The molecule has 8 heteroatoms. The van der Waals surface area contributed by atoms with Crippen LogP contribution in [0.1, 0.15) is 12.0 Å². The predicted molar refractivity (Wildman–Crippen MR) is 102 cm³/mol. The number of hydrogen-bond donors (Lipinski definition) is 2. The third-order valence-corrected chi connectivity index (χ3v) is 4.60. The Kier molecular flexibility index (Phi) is 5.54. The molecule has 3 N–H and O–H groups in total.